The summed E-state index contributed by atoms with van der Waals surface area (Å²) >= 11 is 0. The maximum Gasteiger partial charge on any atom is 0.220 e. The summed E-state index contributed by atoms with van der Waals surface area (Å²) in [7, 11) is 0. The lowest BCUT2D eigenvalue weighted by atomic mass is 9.96. The molecule has 0 saturated carbocycles. The maximum absolute atomic E-state index is 13.5. The van der Waals surface area contributed by atoms with E-state index in [1.54, 1.807) is 6.08 Å². The first kappa shape index (κ1) is 106. The van der Waals surface area contributed by atoms with Crippen LogP contribution in [0.5, 0.6) is 0 Å². The average Bonchev–Trinajstić information content (AvgIpc) is 0.777. The molecule has 3 aliphatic heterocycles. The van der Waals surface area contributed by atoms with Crippen LogP contribution < -0.4 is 5.32 Å². The van der Waals surface area contributed by atoms with Crippen molar-refractivity contribution < 1.29 is 89.4 Å². The Hall–Kier alpha value is -5.11. The summed E-state index contributed by atoms with van der Waals surface area (Å²) in [6, 6.07) is -1.04. The molecule has 3 saturated heterocycles. The van der Waals surface area contributed by atoms with E-state index < -0.39 is 131 Å². The molecule has 0 aromatic heterocycles. The highest BCUT2D eigenvalue weighted by molar-refractivity contribution is 5.76. The zero-order valence-corrected chi connectivity index (χ0v) is 71.9. The highest BCUT2D eigenvalue weighted by Gasteiger charge is 2.54. The SMILES string of the molecule is CC/C=C\C/C=C\C/C=C\C/C=C\C/C=C\C/C=C\C/C=C\C/C=C\C/C=C\C/C=C\C/C=C\C/C=C\CCCCC(=O)NC(COC1OC(CO)C(OC2OC(CO)C(OC3OC(CO)C(O)C(O)C3O)C(O)C2O)C(O)C1O)C(O)/C=C/CC/C=C/CC/C=C/CCCCCCCCCCCCCCCCCCCCCCCCC. The van der Waals surface area contributed by atoms with E-state index in [0.717, 1.165) is 116 Å². The Morgan fingerprint density at radius 3 is 0.957 bits per heavy atom. The Balaban J connectivity index is 1.38. The molecular weight excluding hydrogens is 1480 g/mol. The summed E-state index contributed by atoms with van der Waals surface area (Å²) in [4.78, 5) is 13.5. The summed E-state index contributed by atoms with van der Waals surface area (Å²) in [5.41, 5.74) is 0. The van der Waals surface area contributed by atoms with E-state index >= 15 is 0 Å². The van der Waals surface area contributed by atoms with Gasteiger partial charge >= 0.3 is 0 Å². The van der Waals surface area contributed by atoms with Crippen LogP contribution >= 0.6 is 0 Å². The Morgan fingerprint density at radius 2 is 0.598 bits per heavy atom. The molecule has 3 rings (SSSR count). The third-order valence-corrected chi connectivity index (χ3v) is 21.2. The molecule has 0 spiro atoms. The molecule has 666 valence electrons. The lowest BCUT2D eigenvalue weighted by molar-refractivity contribution is -0.379. The minimum absolute atomic E-state index is 0.164. The van der Waals surface area contributed by atoms with Crippen LogP contribution in [0.3, 0.4) is 0 Å². The zero-order valence-electron chi connectivity index (χ0n) is 71.9. The first-order valence-corrected chi connectivity index (χ1v) is 45.5. The number of carbonyl (C=O) groups is 1. The normalized spacial score (nSPS) is 25.3. The lowest BCUT2D eigenvalue weighted by Gasteiger charge is -2.48. The van der Waals surface area contributed by atoms with Crippen LogP contribution in [0.15, 0.2) is 182 Å². The molecule has 0 aliphatic carbocycles. The number of hydrogen-bond acceptors (Lipinski definition) is 18. The van der Waals surface area contributed by atoms with Gasteiger partial charge in [0.2, 0.25) is 5.91 Å². The largest absolute Gasteiger partial charge is 0.394 e. The number of amides is 1. The van der Waals surface area contributed by atoms with Gasteiger partial charge in [0.05, 0.1) is 38.6 Å². The minimum atomic E-state index is -2.00. The summed E-state index contributed by atoms with van der Waals surface area (Å²) in [6.07, 6.45) is 87.6. The van der Waals surface area contributed by atoms with E-state index in [4.69, 9.17) is 28.4 Å². The van der Waals surface area contributed by atoms with Gasteiger partial charge in [0.15, 0.2) is 18.9 Å². The van der Waals surface area contributed by atoms with Crippen molar-refractivity contribution in [2.24, 2.45) is 0 Å². The van der Waals surface area contributed by atoms with Gasteiger partial charge in [-0.3, -0.25) is 4.79 Å². The van der Waals surface area contributed by atoms with Crippen molar-refractivity contribution in [1.82, 2.24) is 5.32 Å². The third-order valence-electron chi connectivity index (χ3n) is 21.2. The van der Waals surface area contributed by atoms with Crippen molar-refractivity contribution in [2.75, 3.05) is 26.4 Å². The molecule has 12 N–H and O–H groups in total. The van der Waals surface area contributed by atoms with Crippen LogP contribution in [0.25, 0.3) is 0 Å². The van der Waals surface area contributed by atoms with Gasteiger partial charge in [-0.05, 0) is 135 Å². The summed E-state index contributed by atoms with van der Waals surface area (Å²) < 4.78 is 34.4. The Morgan fingerprint density at radius 1 is 0.316 bits per heavy atom. The quantitative estimate of drug-likeness (QED) is 0.0199. The average molecular weight is 1640 g/mol. The molecule has 1 amide bonds. The maximum atomic E-state index is 13.5. The fourth-order valence-corrected chi connectivity index (χ4v) is 14.0. The van der Waals surface area contributed by atoms with Gasteiger partial charge < -0.3 is 89.9 Å². The molecule has 19 heteroatoms. The van der Waals surface area contributed by atoms with Crippen molar-refractivity contribution in [3.05, 3.63) is 182 Å². The molecule has 3 aliphatic rings. The number of aliphatic hydroxyl groups excluding tert-OH is 11. The van der Waals surface area contributed by atoms with E-state index in [1.807, 2.05) is 6.08 Å². The molecule has 117 heavy (non-hydrogen) atoms. The van der Waals surface area contributed by atoms with Crippen LogP contribution in [0.4, 0.5) is 0 Å². The standard InChI is InChI=1S/C98H161NO18/c1-3-5-7-9-11-13-15-17-19-21-23-25-27-29-31-33-35-37-38-39-40-41-42-44-46-48-50-52-54-56-58-60-62-64-66-68-70-72-74-76-86(104)99-81(82(103)75-73-71-69-67-65-63-61-59-57-55-53-51-49-47-45-43-36-34-32-30-28-26-24-22-20-18-16-14-12-10-8-6-4-2)80-112-96-92(110)89(107)94(84(78-101)114-96)117-98-93(111)90(108)95(85(79-102)115-98)116-97-91(109)88(106)87(105)83(77-100)113-97/h5,7,11,13,17,19,23,25,29,31,35,37,39-40,42,44,48,50,54,56-57,59-60,62,65-68,73,75,81-85,87-98,100-103,105-111H,3-4,6,8-10,12,14-16,18,20-22,24,26-28,30,32-34,36,38,41,43,45-47,49,51-53,55,58,61,63-64,69-72,74,76-80H2,1-2H3,(H,99,104)/b7-5-,13-11-,19-17-,25-23-,31-29-,37-35-,40-39-,44-42-,50-48-,56-54-,59-57+,62-60-,67-65+,68-66-,75-73+. The topological polar surface area (TPSA) is 307 Å². The van der Waals surface area contributed by atoms with Crippen molar-refractivity contribution in [2.45, 2.75) is 401 Å². The second-order valence-electron chi connectivity index (χ2n) is 31.3. The van der Waals surface area contributed by atoms with Crippen molar-refractivity contribution in [1.29, 1.82) is 0 Å². The zero-order chi connectivity index (χ0) is 84.5. The van der Waals surface area contributed by atoms with Crippen LogP contribution in [-0.2, 0) is 33.2 Å². The van der Waals surface area contributed by atoms with E-state index in [9.17, 15) is 61.0 Å². The number of hydrogen-bond donors (Lipinski definition) is 12. The van der Waals surface area contributed by atoms with Crippen molar-refractivity contribution >= 4 is 5.91 Å². The van der Waals surface area contributed by atoms with E-state index in [1.165, 1.54) is 148 Å². The van der Waals surface area contributed by atoms with Crippen LogP contribution in [0.2, 0.25) is 0 Å². The van der Waals surface area contributed by atoms with Gasteiger partial charge in [-0.2, -0.15) is 0 Å². The fraction of sp³-hybridized carbons (Fsp3) is 0.684. The number of unbranched alkanes of at least 4 members (excludes halogenated alkanes) is 27. The predicted molar refractivity (Wildman–Crippen MR) is 475 cm³/mol. The highest BCUT2D eigenvalue weighted by Crippen LogP contribution is 2.33. The van der Waals surface area contributed by atoms with Gasteiger partial charge in [0.25, 0.3) is 0 Å². The van der Waals surface area contributed by atoms with Crippen LogP contribution in [0, 0.1) is 0 Å². The smallest absolute Gasteiger partial charge is 0.220 e. The number of aliphatic hydroxyl groups is 11. The molecule has 0 bridgehead atoms. The second-order valence-corrected chi connectivity index (χ2v) is 31.3. The Labute approximate surface area is 706 Å². The molecule has 0 radical (unpaired) electrons. The third kappa shape index (κ3) is 52.7. The minimum Gasteiger partial charge on any atom is -0.394 e. The molecule has 17 unspecified atom stereocenters. The molecular formula is C98H161NO18. The van der Waals surface area contributed by atoms with Crippen LogP contribution in [-0.4, -0.2) is 193 Å². The van der Waals surface area contributed by atoms with E-state index in [0.29, 0.717) is 12.8 Å². The monoisotopic (exact) mass is 1640 g/mol. The van der Waals surface area contributed by atoms with E-state index in [2.05, 4.69) is 189 Å². The number of ether oxygens (including phenoxy) is 6. The first-order valence-electron chi connectivity index (χ1n) is 45.5. The number of carbonyl (C=O) groups excluding carboxylic acids is 1. The van der Waals surface area contributed by atoms with Crippen molar-refractivity contribution in [3.63, 3.8) is 0 Å². The molecule has 0 aromatic rings. The summed E-state index contributed by atoms with van der Waals surface area (Å²) in [5, 5.41) is 121. The Kier molecular flexibility index (Phi) is 67.7. The highest BCUT2D eigenvalue weighted by atomic mass is 16.8. The molecule has 3 heterocycles. The molecule has 17 atom stereocenters. The summed E-state index contributed by atoms with van der Waals surface area (Å²) in [6.45, 7) is 1.57. The Bertz CT molecular complexity index is 2830. The van der Waals surface area contributed by atoms with Crippen LogP contribution in [0.1, 0.15) is 296 Å². The van der Waals surface area contributed by atoms with Gasteiger partial charge in [-0.25, -0.2) is 0 Å². The molecule has 3 fully saturated rings. The van der Waals surface area contributed by atoms with Gasteiger partial charge in [0, 0.05) is 6.42 Å². The second kappa shape index (κ2) is 74.7. The van der Waals surface area contributed by atoms with Gasteiger partial charge in [-0.15, -0.1) is 0 Å². The van der Waals surface area contributed by atoms with Crippen molar-refractivity contribution in [3.8, 4) is 0 Å². The molecule has 19 nitrogen and oxygen atoms in total. The first-order chi connectivity index (χ1) is 57.3. The lowest BCUT2D eigenvalue weighted by Crippen LogP contribution is -2.66. The van der Waals surface area contributed by atoms with Gasteiger partial charge in [-0.1, -0.05) is 337 Å². The van der Waals surface area contributed by atoms with Gasteiger partial charge in [0.1, 0.15) is 73.2 Å². The number of rotatable bonds is 71. The fourth-order valence-electron chi connectivity index (χ4n) is 14.0. The summed E-state index contributed by atoms with van der Waals surface area (Å²) in [5.74, 6) is -0.337. The predicted octanol–water partition coefficient (Wildman–Crippen LogP) is 17.8. The molecule has 0 aromatic carbocycles. The number of nitrogens with one attached hydrogen (secondary N) is 1. The van der Waals surface area contributed by atoms with E-state index in [-0.39, 0.29) is 12.3 Å². The number of allylic oxidation sites excluding steroid dienone is 29.